The zero-order chi connectivity index (χ0) is 20.5. The molecule has 1 aromatic heterocycles. The smallest absolute Gasteiger partial charge is 0.257 e. The lowest BCUT2D eigenvalue weighted by Crippen LogP contribution is -2.18. The molecule has 0 bridgehead atoms. The summed E-state index contributed by atoms with van der Waals surface area (Å²) in [5.41, 5.74) is 5.51. The first-order valence-corrected chi connectivity index (χ1v) is 10.1. The van der Waals surface area contributed by atoms with Crippen molar-refractivity contribution in [1.82, 2.24) is 9.97 Å². The van der Waals surface area contributed by atoms with Crippen molar-refractivity contribution in [3.63, 3.8) is 0 Å². The number of aromatic nitrogens is 2. The fourth-order valence-electron chi connectivity index (χ4n) is 2.46. The van der Waals surface area contributed by atoms with Crippen molar-refractivity contribution in [3.05, 3.63) is 53.1 Å². The number of amides is 1. The summed E-state index contributed by atoms with van der Waals surface area (Å²) in [6, 6.07) is 7.17. The normalized spacial score (nSPS) is 11.4. The van der Waals surface area contributed by atoms with E-state index in [0.29, 0.717) is 5.39 Å². The summed E-state index contributed by atoms with van der Waals surface area (Å²) >= 11 is 6.00. The van der Waals surface area contributed by atoms with Crippen LogP contribution in [0.1, 0.15) is 17.3 Å². The van der Waals surface area contributed by atoms with E-state index in [2.05, 4.69) is 20.0 Å². The summed E-state index contributed by atoms with van der Waals surface area (Å²) in [5, 5.41) is 2.74. The largest absolute Gasteiger partial charge is 0.383 e. The number of anilines is 3. The van der Waals surface area contributed by atoms with Gasteiger partial charge < -0.3 is 11.1 Å². The van der Waals surface area contributed by atoms with Crippen LogP contribution < -0.4 is 15.8 Å². The predicted molar refractivity (Wildman–Crippen MR) is 106 cm³/mol. The summed E-state index contributed by atoms with van der Waals surface area (Å²) < 4.78 is 40.3. The average Bonchev–Trinajstić information content (AvgIpc) is 2.67. The van der Waals surface area contributed by atoms with Crippen molar-refractivity contribution >= 4 is 55.6 Å². The number of nitrogens with zero attached hydrogens (tertiary/aromatic N) is 2. The molecule has 0 unspecified atom stereocenters. The summed E-state index contributed by atoms with van der Waals surface area (Å²) in [4.78, 5) is 20.6. The molecular weight excluding hydrogens is 409 g/mol. The minimum absolute atomic E-state index is 0.0975. The van der Waals surface area contributed by atoms with Gasteiger partial charge in [-0.05, 0) is 31.2 Å². The van der Waals surface area contributed by atoms with E-state index in [1.807, 2.05) is 0 Å². The number of nitrogens with two attached hydrogens (primary N) is 1. The number of carbonyl (C=O) groups excluding carboxylic acids is 1. The molecule has 11 heteroatoms. The molecule has 1 amide bonds. The van der Waals surface area contributed by atoms with Crippen LogP contribution in [0.4, 0.5) is 21.6 Å². The lowest BCUT2D eigenvalue weighted by atomic mass is 10.1. The van der Waals surface area contributed by atoms with Gasteiger partial charge in [-0.2, -0.15) is 0 Å². The molecule has 3 aromatic rings. The van der Waals surface area contributed by atoms with Gasteiger partial charge in [-0.3, -0.25) is 9.52 Å². The highest BCUT2D eigenvalue weighted by atomic mass is 35.5. The first-order valence-electron chi connectivity index (χ1n) is 8.02. The fraction of sp³-hybridized carbons (Fsp3) is 0.118. The Hall–Kier alpha value is -2.98. The zero-order valence-corrected chi connectivity index (χ0v) is 16.1. The fourth-order valence-corrected chi connectivity index (χ4v) is 3.29. The highest BCUT2D eigenvalue weighted by Gasteiger charge is 2.20. The molecule has 2 aromatic carbocycles. The highest BCUT2D eigenvalue weighted by molar-refractivity contribution is 7.92. The summed E-state index contributed by atoms with van der Waals surface area (Å²) in [7, 11) is -3.72. The van der Waals surface area contributed by atoms with Gasteiger partial charge >= 0.3 is 0 Å². The van der Waals surface area contributed by atoms with E-state index in [1.165, 1.54) is 31.5 Å². The van der Waals surface area contributed by atoms with Crippen LogP contribution in [-0.4, -0.2) is 30.0 Å². The number of hydrogen-bond acceptors (Lipinski definition) is 6. The number of sulfonamides is 1. The molecule has 0 spiro atoms. The highest BCUT2D eigenvalue weighted by Crippen LogP contribution is 2.32. The molecule has 28 heavy (non-hydrogen) atoms. The van der Waals surface area contributed by atoms with Crippen molar-refractivity contribution in [2.75, 3.05) is 21.5 Å². The Bertz CT molecular complexity index is 1190. The van der Waals surface area contributed by atoms with Crippen molar-refractivity contribution < 1.29 is 17.6 Å². The second kappa shape index (κ2) is 7.56. The molecule has 0 aliphatic heterocycles. The molecular formula is C17H15ClFN5O3S. The van der Waals surface area contributed by atoms with Crippen molar-refractivity contribution in [1.29, 1.82) is 0 Å². The van der Waals surface area contributed by atoms with Crippen molar-refractivity contribution in [2.24, 2.45) is 0 Å². The second-order valence-electron chi connectivity index (χ2n) is 5.70. The third-order valence-corrected chi connectivity index (χ3v) is 5.52. The van der Waals surface area contributed by atoms with Crippen LogP contribution in [0.25, 0.3) is 10.9 Å². The molecule has 146 valence electrons. The van der Waals surface area contributed by atoms with Gasteiger partial charge in [0.2, 0.25) is 10.0 Å². The van der Waals surface area contributed by atoms with Gasteiger partial charge in [-0.25, -0.2) is 22.8 Å². The van der Waals surface area contributed by atoms with E-state index >= 15 is 0 Å². The minimum atomic E-state index is -3.72. The number of hydrogen-bond donors (Lipinski definition) is 3. The standard InChI is InChI=1S/C17H15ClFN5O3S/c1-2-28(26,27)24-12-7-6-11(18)15(13(12)19)23-17(25)10-5-3-4-9-14(10)21-8-22-16(9)20/h3-8,24H,2H2,1H3,(H,23,25)(H2,20,21,22). The van der Waals surface area contributed by atoms with Gasteiger partial charge in [-0.15, -0.1) is 0 Å². The van der Waals surface area contributed by atoms with Crippen molar-refractivity contribution in [3.8, 4) is 0 Å². The van der Waals surface area contributed by atoms with Gasteiger partial charge in [0.15, 0.2) is 5.82 Å². The van der Waals surface area contributed by atoms with E-state index in [0.717, 1.165) is 0 Å². The maximum Gasteiger partial charge on any atom is 0.257 e. The van der Waals surface area contributed by atoms with Crippen molar-refractivity contribution in [2.45, 2.75) is 6.92 Å². The van der Waals surface area contributed by atoms with Gasteiger partial charge in [0.25, 0.3) is 5.91 Å². The van der Waals surface area contributed by atoms with Crippen LogP contribution in [0.5, 0.6) is 0 Å². The number of carbonyl (C=O) groups is 1. The Morgan fingerprint density at radius 2 is 2.00 bits per heavy atom. The Morgan fingerprint density at radius 1 is 1.25 bits per heavy atom. The van der Waals surface area contributed by atoms with Crippen LogP contribution in [0, 0.1) is 5.82 Å². The number of halogens is 2. The molecule has 3 rings (SSSR count). The maximum atomic E-state index is 14.8. The lowest BCUT2D eigenvalue weighted by Gasteiger charge is -2.14. The van der Waals surface area contributed by atoms with E-state index in [-0.39, 0.29) is 39.0 Å². The van der Waals surface area contributed by atoms with Gasteiger partial charge in [-0.1, -0.05) is 17.7 Å². The number of fused-ring (bicyclic) bond motifs is 1. The Morgan fingerprint density at radius 3 is 2.71 bits per heavy atom. The third kappa shape index (κ3) is 3.82. The van der Waals surface area contributed by atoms with Gasteiger partial charge in [0.1, 0.15) is 12.1 Å². The van der Waals surface area contributed by atoms with E-state index in [1.54, 1.807) is 12.1 Å². The predicted octanol–water partition coefficient (Wildman–Crippen LogP) is 3.02. The van der Waals surface area contributed by atoms with Crippen LogP contribution >= 0.6 is 11.6 Å². The van der Waals surface area contributed by atoms with Crippen LogP contribution in [0.2, 0.25) is 5.02 Å². The second-order valence-corrected chi connectivity index (χ2v) is 8.12. The van der Waals surface area contributed by atoms with Crippen LogP contribution in [-0.2, 0) is 10.0 Å². The number of nitrogen functional groups attached to an aromatic ring is 1. The maximum absolute atomic E-state index is 14.8. The molecule has 0 aliphatic rings. The average molecular weight is 424 g/mol. The van der Waals surface area contributed by atoms with Gasteiger partial charge in [0.05, 0.1) is 33.2 Å². The number of rotatable bonds is 5. The monoisotopic (exact) mass is 423 g/mol. The SMILES string of the molecule is CCS(=O)(=O)Nc1ccc(Cl)c(NC(=O)c2cccc3c(N)ncnc23)c1F. The number of benzene rings is 2. The minimum Gasteiger partial charge on any atom is -0.383 e. The first-order chi connectivity index (χ1) is 13.2. The van der Waals surface area contributed by atoms with Crippen LogP contribution in [0.3, 0.4) is 0 Å². The zero-order valence-electron chi connectivity index (χ0n) is 14.5. The molecule has 0 atom stereocenters. The van der Waals surface area contributed by atoms with E-state index in [4.69, 9.17) is 17.3 Å². The Balaban J connectivity index is 2.01. The Labute approximate surface area is 165 Å². The molecule has 1 heterocycles. The van der Waals surface area contributed by atoms with E-state index in [9.17, 15) is 17.6 Å². The summed E-state index contributed by atoms with van der Waals surface area (Å²) in [6.07, 6.45) is 1.21. The molecule has 8 nitrogen and oxygen atoms in total. The summed E-state index contributed by atoms with van der Waals surface area (Å²) in [6.45, 7) is 1.41. The quantitative estimate of drug-likeness (QED) is 0.578. The molecule has 0 fully saturated rings. The lowest BCUT2D eigenvalue weighted by molar-refractivity contribution is 0.102. The number of para-hydroxylation sites is 1. The van der Waals surface area contributed by atoms with Gasteiger partial charge in [0, 0.05) is 5.39 Å². The molecule has 0 saturated carbocycles. The van der Waals surface area contributed by atoms with E-state index < -0.39 is 21.7 Å². The van der Waals surface area contributed by atoms with Crippen LogP contribution in [0.15, 0.2) is 36.7 Å². The first kappa shape index (κ1) is 19.8. The topological polar surface area (TPSA) is 127 Å². The third-order valence-electron chi connectivity index (χ3n) is 3.92. The molecule has 4 N–H and O–H groups in total. The summed E-state index contributed by atoms with van der Waals surface area (Å²) in [5.74, 6) is -1.75. The molecule has 0 aliphatic carbocycles. The number of nitrogens with one attached hydrogen (secondary N) is 2. The molecule has 0 radical (unpaired) electrons. The molecule has 0 saturated heterocycles. The Kier molecular flexibility index (Phi) is 5.34.